The molecule has 0 amide bonds. The third kappa shape index (κ3) is 3.36. The van der Waals surface area contributed by atoms with E-state index in [1.807, 2.05) is 33.4 Å². The van der Waals surface area contributed by atoms with Crippen LogP contribution in [0, 0.1) is 0 Å². The molecule has 0 bridgehead atoms. The molecule has 2 heterocycles. The van der Waals surface area contributed by atoms with Gasteiger partial charge >= 0.3 is 0 Å². The number of hydrogen-bond acceptors (Lipinski definition) is 5. The number of carbonyl (C=O) groups is 2. The van der Waals surface area contributed by atoms with Gasteiger partial charge in [-0.3, -0.25) is 9.59 Å². The molecule has 1 aliphatic rings. The summed E-state index contributed by atoms with van der Waals surface area (Å²) in [6.45, 7) is 1.53. The van der Waals surface area contributed by atoms with Crippen molar-refractivity contribution in [1.82, 2.24) is 20.2 Å². The van der Waals surface area contributed by atoms with Crippen LogP contribution >= 0.6 is 0 Å². The van der Waals surface area contributed by atoms with Crippen LogP contribution in [0.4, 0.5) is 0 Å². The monoisotopic (exact) mass is 406 g/mol. The molecule has 4 N–H and O–H groups in total. The van der Waals surface area contributed by atoms with Crippen LogP contribution in [0.3, 0.4) is 0 Å². The number of fused-ring (bicyclic) bond motifs is 2. The predicted octanol–water partition coefficient (Wildman–Crippen LogP) is 2.67. The van der Waals surface area contributed by atoms with Gasteiger partial charge in [-0.25, -0.2) is 0 Å². The summed E-state index contributed by atoms with van der Waals surface area (Å²) in [4.78, 5) is 33.7. The number of aromatic hydroxyl groups is 1. The molecule has 0 aliphatic heterocycles. The first-order valence-electron chi connectivity index (χ1n) is 10.1. The zero-order valence-electron chi connectivity index (χ0n) is 17.4. The minimum Gasteiger partial charge on any atom is -0.507 e. The van der Waals surface area contributed by atoms with Gasteiger partial charge in [-0.15, -0.1) is 0 Å². The van der Waals surface area contributed by atoms with Crippen LogP contribution in [0.1, 0.15) is 32.0 Å². The molecule has 156 valence electrons. The molecule has 2 aromatic heterocycles. The highest BCUT2D eigenvalue weighted by Gasteiger charge is 2.29. The van der Waals surface area contributed by atoms with Crippen LogP contribution in [-0.4, -0.2) is 65.8 Å². The lowest BCUT2D eigenvalue weighted by Crippen LogP contribution is -2.15. The normalized spacial score (nSPS) is 13.6. The number of allylic oxidation sites excluding steroid dienone is 2. The topological polar surface area (TPSA) is 101 Å². The highest BCUT2D eigenvalue weighted by atomic mass is 16.3. The highest BCUT2D eigenvalue weighted by molar-refractivity contribution is 6.23. The number of hydrogen-bond donors (Lipinski definition) is 4. The number of rotatable bonds is 7. The summed E-state index contributed by atoms with van der Waals surface area (Å²) in [6, 6.07) is 3.50. The SMILES string of the molecule is CNCCc1c(-c2ccc(O)c3c(CCN(C)C)c[nH]c23)[nH]c2c1C(=O)C=CC2=O. The largest absolute Gasteiger partial charge is 0.507 e. The van der Waals surface area contributed by atoms with Crippen LogP contribution < -0.4 is 5.32 Å². The van der Waals surface area contributed by atoms with E-state index in [9.17, 15) is 14.7 Å². The number of nitrogens with one attached hydrogen (secondary N) is 3. The predicted molar refractivity (Wildman–Crippen MR) is 117 cm³/mol. The van der Waals surface area contributed by atoms with Gasteiger partial charge in [-0.2, -0.15) is 0 Å². The van der Waals surface area contributed by atoms with Gasteiger partial charge in [0.15, 0.2) is 5.78 Å². The Morgan fingerprint density at radius 1 is 1.07 bits per heavy atom. The van der Waals surface area contributed by atoms with Gasteiger partial charge in [0.25, 0.3) is 0 Å². The van der Waals surface area contributed by atoms with Crippen LogP contribution in [-0.2, 0) is 12.8 Å². The van der Waals surface area contributed by atoms with E-state index >= 15 is 0 Å². The second-order valence-corrected chi connectivity index (χ2v) is 7.89. The summed E-state index contributed by atoms with van der Waals surface area (Å²) in [7, 11) is 5.88. The lowest BCUT2D eigenvalue weighted by molar-refractivity contribution is 0.0991. The first-order chi connectivity index (χ1) is 14.4. The number of phenols is 1. The molecule has 0 atom stereocenters. The number of benzene rings is 1. The van der Waals surface area contributed by atoms with Crippen LogP contribution in [0.5, 0.6) is 5.75 Å². The van der Waals surface area contributed by atoms with E-state index in [0.29, 0.717) is 24.2 Å². The first-order valence-corrected chi connectivity index (χ1v) is 10.1. The molecule has 0 unspecified atom stereocenters. The van der Waals surface area contributed by atoms with Gasteiger partial charge < -0.3 is 25.3 Å². The van der Waals surface area contributed by atoms with E-state index in [0.717, 1.165) is 46.3 Å². The molecule has 0 radical (unpaired) electrons. The standard InChI is InChI=1S/C23H26N4O3/c1-24-10-8-14-20-17(29)6-7-18(30)23(20)26-21(14)15-4-5-16(28)19-13(9-11-27(2)3)12-25-22(15)19/h4-7,12,24-26,28H,8-11H2,1-3H3. The minimum absolute atomic E-state index is 0.161. The third-order valence-corrected chi connectivity index (χ3v) is 5.60. The quantitative estimate of drug-likeness (QED) is 0.483. The Kier molecular flexibility index (Phi) is 5.32. The number of carbonyl (C=O) groups excluding carboxylic acids is 2. The zero-order chi connectivity index (χ0) is 21.4. The van der Waals surface area contributed by atoms with E-state index in [1.165, 1.54) is 12.2 Å². The maximum Gasteiger partial charge on any atom is 0.202 e. The number of ketones is 2. The number of aromatic amines is 2. The number of likely N-dealkylation sites (N-methyl/N-ethyl adjacent to an activating group) is 2. The van der Waals surface area contributed by atoms with Crippen molar-refractivity contribution in [2.24, 2.45) is 0 Å². The van der Waals surface area contributed by atoms with E-state index in [2.05, 4.69) is 20.2 Å². The second-order valence-electron chi connectivity index (χ2n) is 7.89. The Balaban J connectivity index is 1.90. The molecule has 7 nitrogen and oxygen atoms in total. The number of nitrogens with zero attached hydrogens (tertiary/aromatic N) is 1. The summed E-state index contributed by atoms with van der Waals surface area (Å²) in [5.74, 6) is -0.146. The molecule has 7 heteroatoms. The van der Waals surface area contributed by atoms with Gasteiger partial charge in [-0.05, 0) is 75.9 Å². The summed E-state index contributed by atoms with van der Waals surface area (Å²) < 4.78 is 0. The minimum atomic E-state index is -0.199. The Bertz CT molecular complexity index is 1170. The van der Waals surface area contributed by atoms with E-state index < -0.39 is 0 Å². The van der Waals surface area contributed by atoms with Gasteiger partial charge in [-0.1, -0.05) is 0 Å². The average Bonchev–Trinajstić information content (AvgIpc) is 3.31. The molecular weight excluding hydrogens is 380 g/mol. The van der Waals surface area contributed by atoms with Crippen LogP contribution in [0.2, 0.25) is 0 Å². The van der Waals surface area contributed by atoms with E-state index in [-0.39, 0.29) is 17.3 Å². The Labute approximate surface area is 174 Å². The van der Waals surface area contributed by atoms with Crippen molar-refractivity contribution in [1.29, 1.82) is 0 Å². The van der Waals surface area contributed by atoms with Crippen molar-refractivity contribution in [2.45, 2.75) is 12.8 Å². The molecule has 1 aliphatic carbocycles. The van der Waals surface area contributed by atoms with Crippen molar-refractivity contribution < 1.29 is 14.7 Å². The van der Waals surface area contributed by atoms with Crippen molar-refractivity contribution in [2.75, 3.05) is 34.2 Å². The summed E-state index contributed by atoms with van der Waals surface area (Å²) in [5.41, 5.74) is 5.00. The Hall–Kier alpha value is -3.16. The highest BCUT2D eigenvalue weighted by Crippen LogP contribution is 2.39. The maximum atomic E-state index is 12.6. The van der Waals surface area contributed by atoms with Crippen LogP contribution in [0.25, 0.3) is 22.2 Å². The van der Waals surface area contributed by atoms with Crippen molar-refractivity contribution in [3.63, 3.8) is 0 Å². The zero-order valence-corrected chi connectivity index (χ0v) is 17.4. The van der Waals surface area contributed by atoms with Gasteiger partial charge in [0.2, 0.25) is 5.78 Å². The van der Waals surface area contributed by atoms with Crippen LogP contribution in [0.15, 0.2) is 30.5 Å². The van der Waals surface area contributed by atoms with Crippen molar-refractivity contribution >= 4 is 22.5 Å². The molecule has 3 aromatic rings. The smallest absolute Gasteiger partial charge is 0.202 e. The molecule has 0 fully saturated rings. The lowest BCUT2D eigenvalue weighted by Gasteiger charge is -2.11. The van der Waals surface area contributed by atoms with Crippen molar-refractivity contribution in [3.8, 4) is 17.0 Å². The number of phenolic OH excluding ortho intramolecular Hbond substituents is 1. The fourth-order valence-electron chi connectivity index (χ4n) is 4.09. The van der Waals surface area contributed by atoms with Gasteiger partial charge in [0, 0.05) is 23.7 Å². The molecule has 4 rings (SSSR count). The number of H-pyrrole nitrogens is 2. The lowest BCUT2D eigenvalue weighted by atomic mass is 9.93. The second kappa shape index (κ2) is 7.93. The molecule has 1 aromatic carbocycles. The Morgan fingerprint density at radius 3 is 2.57 bits per heavy atom. The molecular formula is C23H26N4O3. The summed E-state index contributed by atoms with van der Waals surface area (Å²) in [5, 5.41) is 14.5. The van der Waals surface area contributed by atoms with Gasteiger partial charge in [0.1, 0.15) is 5.75 Å². The number of aromatic nitrogens is 2. The van der Waals surface area contributed by atoms with E-state index in [4.69, 9.17) is 0 Å². The average molecular weight is 406 g/mol. The third-order valence-electron chi connectivity index (χ3n) is 5.60. The van der Waals surface area contributed by atoms with Gasteiger partial charge in [0.05, 0.1) is 22.5 Å². The fourth-order valence-corrected chi connectivity index (χ4v) is 4.09. The fraction of sp³-hybridized carbons (Fsp3) is 0.304. The Morgan fingerprint density at radius 2 is 1.83 bits per heavy atom. The maximum absolute atomic E-state index is 12.6. The molecule has 0 saturated carbocycles. The van der Waals surface area contributed by atoms with Crippen molar-refractivity contribution in [3.05, 3.63) is 52.9 Å². The molecule has 0 spiro atoms. The first kappa shape index (κ1) is 20.1. The molecule has 0 saturated heterocycles. The summed E-state index contributed by atoms with van der Waals surface area (Å²) >= 11 is 0. The van der Waals surface area contributed by atoms with E-state index in [1.54, 1.807) is 6.07 Å². The molecule has 30 heavy (non-hydrogen) atoms. The summed E-state index contributed by atoms with van der Waals surface area (Å²) in [6.07, 6.45) is 5.96.